The zero-order chi connectivity index (χ0) is 23.6. The molecule has 2 aliphatic rings. The Morgan fingerprint density at radius 1 is 1.25 bits per heavy atom. The molecule has 7 nitrogen and oxygen atoms in total. The fraction of sp³-hybridized carbons (Fsp3) is 0.480. The Morgan fingerprint density at radius 3 is 2.59 bits per heavy atom. The second-order valence-corrected chi connectivity index (χ2v) is 8.44. The van der Waals surface area contributed by atoms with Crippen molar-refractivity contribution in [3.63, 3.8) is 0 Å². The number of ether oxygens (including phenoxy) is 3. The number of hydrogen-bond donors (Lipinski definition) is 1. The molecule has 0 saturated carbocycles. The number of carbonyl (C=O) groups is 3. The lowest BCUT2D eigenvalue weighted by Crippen LogP contribution is -2.43. The number of esters is 2. The highest BCUT2D eigenvalue weighted by Gasteiger charge is 2.47. The van der Waals surface area contributed by atoms with Crippen LogP contribution in [0.25, 0.3) is 0 Å². The van der Waals surface area contributed by atoms with Gasteiger partial charge in [0.1, 0.15) is 11.7 Å². The molecule has 0 unspecified atom stereocenters. The van der Waals surface area contributed by atoms with E-state index in [-0.39, 0.29) is 17.8 Å². The summed E-state index contributed by atoms with van der Waals surface area (Å²) in [7, 11) is 2.84. The minimum absolute atomic E-state index is 0.228. The molecule has 1 aromatic carbocycles. The zero-order valence-electron chi connectivity index (χ0n) is 19.5. The molecular formula is C25H31NO6. The molecule has 0 saturated heterocycles. The lowest BCUT2D eigenvalue weighted by Gasteiger charge is -2.38. The largest absolute Gasteiger partial charge is 0.497 e. The first-order valence-electron chi connectivity index (χ1n) is 10.9. The van der Waals surface area contributed by atoms with Crippen molar-refractivity contribution in [3.05, 3.63) is 52.4 Å². The summed E-state index contributed by atoms with van der Waals surface area (Å²) in [5.74, 6) is -2.58. The molecule has 0 bridgehead atoms. The third-order valence-corrected chi connectivity index (χ3v) is 6.27. The maximum absolute atomic E-state index is 13.7. The van der Waals surface area contributed by atoms with Gasteiger partial charge in [-0.15, -0.1) is 0 Å². The van der Waals surface area contributed by atoms with Crippen molar-refractivity contribution in [1.82, 2.24) is 5.32 Å². The van der Waals surface area contributed by atoms with E-state index < -0.39 is 23.8 Å². The first kappa shape index (κ1) is 23.6. The summed E-state index contributed by atoms with van der Waals surface area (Å²) >= 11 is 0. The van der Waals surface area contributed by atoms with Gasteiger partial charge < -0.3 is 19.5 Å². The third-order valence-electron chi connectivity index (χ3n) is 6.27. The van der Waals surface area contributed by atoms with Crippen molar-refractivity contribution in [2.45, 2.75) is 52.6 Å². The lowest BCUT2D eigenvalue weighted by atomic mass is 9.69. The molecule has 0 amide bonds. The van der Waals surface area contributed by atoms with Crippen molar-refractivity contribution < 1.29 is 28.6 Å². The molecule has 172 valence electrons. The van der Waals surface area contributed by atoms with E-state index in [1.165, 1.54) is 7.11 Å². The highest BCUT2D eigenvalue weighted by atomic mass is 16.5. The van der Waals surface area contributed by atoms with E-state index >= 15 is 0 Å². The molecule has 1 N–H and O–H groups in total. The maximum atomic E-state index is 13.7. The standard InChI is InChI=1S/C25H31NO6/c1-7-14(3)32-25(29)20-15(4)26-18-11-13(2)19(24(28)31-6)23(27)22(18)21(20)16-9-8-10-17(12-16)30-5/h8-10,12-14,19,21,26H,7,11H2,1-6H3/t13-,14-,19+,21+/m0/s1. The number of benzene rings is 1. The summed E-state index contributed by atoms with van der Waals surface area (Å²) in [5.41, 5.74) is 2.87. The van der Waals surface area contributed by atoms with Crippen molar-refractivity contribution in [3.8, 4) is 5.75 Å². The van der Waals surface area contributed by atoms with Crippen LogP contribution in [0.2, 0.25) is 0 Å². The number of carbonyl (C=O) groups excluding carboxylic acids is 3. The fourth-order valence-electron chi connectivity index (χ4n) is 4.44. The van der Waals surface area contributed by atoms with Gasteiger partial charge in [0.2, 0.25) is 0 Å². The predicted octanol–water partition coefficient (Wildman–Crippen LogP) is 3.65. The van der Waals surface area contributed by atoms with Crippen LogP contribution in [-0.4, -0.2) is 38.0 Å². The van der Waals surface area contributed by atoms with Crippen molar-refractivity contribution >= 4 is 17.7 Å². The van der Waals surface area contributed by atoms with E-state index in [1.54, 1.807) is 13.2 Å². The molecule has 4 atom stereocenters. The first-order chi connectivity index (χ1) is 15.2. The molecule has 0 radical (unpaired) electrons. The number of methoxy groups -OCH3 is 2. The summed E-state index contributed by atoms with van der Waals surface area (Å²) in [6.07, 6.45) is 0.894. The van der Waals surface area contributed by atoms with Crippen LogP contribution in [0.4, 0.5) is 0 Å². The van der Waals surface area contributed by atoms with Crippen LogP contribution in [0.3, 0.4) is 0 Å². The van der Waals surface area contributed by atoms with Crippen LogP contribution >= 0.6 is 0 Å². The Hall–Kier alpha value is -3.09. The molecule has 3 rings (SSSR count). The van der Waals surface area contributed by atoms with Gasteiger partial charge in [0, 0.05) is 22.9 Å². The molecule has 1 aliphatic carbocycles. The highest BCUT2D eigenvalue weighted by molar-refractivity contribution is 6.12. The van der Waals surface area contributed by atoms with Crippen LogP contribution in [0, 0.1) is 11.8 Å². The number of rotatable bonds is 6. The van der Waals surface area contributed by atoms with Gasteiger partial charge in [-0.1, -0.05) is 26.0 Å². The molecule has 1 aliphatic heterocycles. The molecular weight excluding hydrogens is 410 g/mol. The van der Waals surface area contributed by atoms with Gasteiger partial charge in [-0.25, -0.2) is 4.79 Å². The Bertz CT molecular complexity index is 992. The van der Waals surface area contributed by atoms with Gasteiger partial charge in [-0.05, 0) is 50.3 Å². The molecule has 0 spiro atoms. The Balaban J connectivity index is 2.18. The normalized spacial score (nSPS) is 23.8. The average molecular weight is 442 g/mol. The molecule has 0 aromatic heterocycles. The predicted molar refractivity (Wildman–Crippen MR) is 119 cm³/mol. The molecule has 1 heterocycles. The van der Waals surface area contributed by atoms with Crippen molar-refractivity contribution in [2.24, 2.45) is 11.8 Å². The van der Waals surface area contributed by atoms with Crippen LogP contribution in [0.1, 0.15) is 52.0 Å². The SMILES string of the molecule is CC[C@H](C)OC(=O)C1=C(C)NC2=C(C(=O)[C@H](C(=O)OC)[C@@H](C)C2)[C@@H]1c1cccc(OC)c1. The Morgan fingerprint density at radius 2 is 1.97 bits per heavy atom. The van der Waals surface area contributed by atoms with E-state index in [0.29, 0.717) is 35.4 Å². The second kappa shape index (κ2) is 9.59. The molecule has 7 heteroatoms. The summed E-state index contributed by atoms with van der Waals surface area (Å²) in [5, 5.41) is 3.26. The van der Waals surface area contributed by atoms with Crippen molar-refractivity contribution in [2.75, 3.05) is 14.2 Å². The smallest absolute Gasteiger partial charge is 0.337 e. The zero-order valence-corrected chi connectivity index (χ0v) is 19.5. The topological polar surface area (TPSA) is 90.9 Å². The van der Waals surface area contributed by atoms with E-state index in [1.807, 2.05) is 45.9 Å². The van der Waals surface area contributed by atoms with Crippen molar-refractivity contribution in [1.29, 1.82) is 0 Å². The molecule has 32 heavy (non-hydrogen) atoms. The van der Waals surface area contributed by atoms with E-state index in [2.05, 4.69) is 5.32 Å². The first-order valence-corrected chi connectivity index (χ1v) is 10.9. The summed E-state index contributed by atoms with van der Waals surface area (Å²) in [6, 6.07) is 7.28. The quantitative estimate of drug-likeness (QED) is 0.532. The summed E-state index contributed by atoms with van der Waals surface area (Å²) in [4.78, 5) is 39.4. The lowest BCUT2D eigenvalue weighted by molar-refractivity contribution is -0.151. The van der Waals surface area contributed by atoms with E-state index in [9.17, 15) is 14.4 Å². The molecule has 1 aromatic rings. The molecule has 0 fully saturated rings. The number of nitrogens with one attached hydrogen (secondary N) is 1. The number of Topliss-reactive ketones (excluding diaryl/α,β-unsaturated/α-hetero) is 1. The maximum Gasteiger partial charge on any atom is 0.337 e. The van der Waals surface area contributed by atoms with Crippen LogP contribution < -0.4 is 10.1 Å². The van der Waals surface area contributed by atoms with Crippen LogP contribution in [-0.2, 0) is 23.9 Å². The average Bonchev–Trinajstić information content (AvgIpc) is 2.77. The van der Waals surface area contributed by atoms with Crippen LogP contribution in [0.15, 0.2) is 46.8 Å². The Kier molecular flexibility index (Phi) is 7.06. The number of hydrogen-bond acceptors (Lipinski definition) is 7. The number of ketones is 1. The van der Waals surface area contributed by atoms with Gasteiger partial charge in [0.15, 0.2) is 5.78 Å². The second-order valence-electron chi connectivity index (χ2n) is 8.44. The number of allylic oxidation sites excluding steroid dienone is 3. The number of dihydropyridines is 1. The van der Waals surface area contributed by atoms with Gasteiger partial charge in [-0.3, -0.25) is 9.59 Å². The van der Waals surface area contributed by atoms with E-state index in [0.717, 1.165) is 11.3 Å². The van der Waals surface area contributed by atoms with Gasteiger partial charge >= 0.3 is 11.9 Å². The summed E-state index contributed by atoms with van der Waals surface area (Å²) < 4.78 is 16.0. The van der Waals surface area contributed by atoms with Gasteiger partial charge in [0.25, 0.3) is 0 Å². The highest BCUT2D eigenvalue weighted by Crippen LogP contribution is 2.46. The minimum Gasteiger partial charge on any atom is -0.497 e. The van der Waals surface area contributed by atoms with Crippen LogP contribution in [0.5, 0.6) is 5.75 Å². The third kappa shape index (κ3) is 4.29. The minimum atomic E-state index is -0.918. The van der Waals surface area contributed by atoms with Gasteiger partial charge in [-0.2, -0.15) is 0 Å². The van der Waals surface area contributed by atoms with Gasteiger partial charge in [0.05, 0.1) is 25.9 Å². The summed E-state index contributed by atoms with van der Waals surface area (Å²) in [6.45, 7) is 7.43. The van der Waals surface area contributed by atoms with E-state index in [4.69, 9.17) is 14.2 Å². The fourth-order valence-corrected chi connectivity index (χ4v) is 4.44. The Labute approximate surface area is 188 Å². The monoisotopic (exact) mass is 441 g/mol.